The molecule has 0 radical (unpaired) electrons. The molecule has 3 aromatic rings. The molecule has 0 unspecified atom stereocenters. The summed E-state index contributed by atoms with van der Waals surface area (Å²) in [6.45, 7) is 0.104. The van der Waals surface area contributed by atoms with Gasteiger partial charge in [0.05, 0.1) is 0 Å². The summed E-state index contributed by atoms with van der Waals surface area (Å²) in [5.41, 5.74) is 1.89. The number of carbonyl (C=O) groups excluding carboxylic acids is 2. The van der Waals surface area contributed by atoms with Gasteiger partial charge in [0.1, 0.15) is 11.8 Å². The van der Waals surface area contributed by atoms with Crippen molar-refractivity contribution in [2.45, 2.75) is 57.2 Å². The third-order valence-corrected chi connectivity index (χ3v) is 7.45. The SMILES string of the molecule is O=C(NC1CCCCC1)[C@@H](Cc1ccccc1)N(Cc1ccc(Cl)cc1)C(=O)COc1ccc(Br)cc1. The number of halogens is 2. The summed E-state index contributed by atoms with van der Waals surface area (Å²) in [6.07, 6.45) is 5.79. The monoisotopic (exact) mass is 582 g/mol. The number of nitrogens with zero attached hydrogens (tertiary/aromatic N) is 1. The minimum atomic E-state index is -0.680. The topological polar surface area (TPSA) is 58.6 Å². The highest BCUT2D eigenvalue weighted by Gasteiger charge is 2.32. The second-order valence-electron chi connectivity index (χ2n) is 9.44. The van der Waals surface area contributed by atoms with Gasteiger partial charge in [-0.05, 0) is 60.4 Å². The van der Waals surface area contributed by atoms with Crippen LogP contribution in [0.1, 0.15) is 43.2 Å². The summed E-state index contributed by atoms with van der Waals surface area (Å²) in [5, 5.41) is 3.87. The van der Waals surface area contributed by atoms with E-state index in [9.17, 15) is 9.59 Å². The number of benzene rings is 3. The molecule has 4 rings (SSSR count). The molecule has 1 N–H and O–H groups in total. The maximum Gasteiger partial charge on any atom is 0.261 e. The summed E-state index contributed by atoms with van der Waals surface area (Å²) in [5.74, 6) is 0.216. The lowest BCUT2D eigenvalue weighted by Crippen LogP contribution is -2.53. The molecular formula is C30H32BrClN2O3. The molecule has 1 atom stereocenters. The van der Waals surface area contributed by atoms with E-state index in [4.69, 9.17) is 16.3 Å². The number of hydrogen-bond donors (Lipinski definition) is 1. The van der Waals surface area contributed by atoms with E-state index in [0.29, 0.717) is 17.2 Å². The zero-order valence-corrected chi connectivity index (χ0v) is 23.1. The Kier molecular flexibility index (Phi) is 10.0. The van der Waals surface area contributed by atoms with Gasteiger partial charge in [-0.3, -0.25) is 9.59 Å². The Hall–Kier alpha value is -2.83. The van der Waals surface area contributed by atoms with Crippen molar-refractivity contribution in [1.29, 1.82) is 0 Å². The third kappa shape index (κ3) is 8.34. The molecule has 1 aliphatic rings. The van der Waals surface area contributed by atoms with Gasteiger partial charge in [0, 0.05) is 28.5 Å². The quantitative estimate of drug-likeness (QED) is 0.294. The zero-order valence-electron chi connectivity index (χ0n) is 20.7. The molecule has 0 spiro atoms. The van der Waals surface area contributed by atoms with Gasteiger partial charge in [-0.2, -0.15) is 0 Å². The zero-order chi connectivity index (χ0) is 26.0. The minimum absolute atomic E-state index is 0.123. The van der Waals surface area contributed by atoms with Gasteiger partial charge in [0.25, 0.3) is 5.91 Å². The van der Waals surface area contributed by atoms with Gasteiger partial charge in [-0.15, -0.1) is 0 Å². The molecule has 194 valence electrons. The Morgan fingerprint density at radius 3 is 2.27 bits per heavy atom. The van der Waals surface area contributed by atoms with Crippen LogP contribution >= 0.6 is 27.5 Å². The Morgan fingerprint density at radius 2 is 1.59 bits per heavy atom. The normalized spacial score (nSPS) is 14.5. The largest absolute Gasteiger partial charge is 0.484 e. The Morgan fingerprint density at radius 1 is 0.919 bits per heavy atom. The number of hydrogen-bond acceptors (Lipinski definition) is 3. The smallest absolute Gasteiger partial charge is 0.261 e. The van der Waals surface area contributed by atoms with Crippen LogP contribution in [0.15, 0.2) is 83.3 Å². The molecule has 1 fully saturated rings. The maximum absolute atomic E-state index is 13.7. The fourth-order valence-electron chi connectivity index (χ4n) is 4.64. The lowest BCUT2D eigenvalue weighted by molar-refractivity contribution is -0.143. The number of carbonyl (C=O) groups is 2. The van der Waals surface area contributed by atoms with Crippen LogP contribution in [0.4, 0.5) is 0 Å². The Balaban J connectivity index is 1.59. The van der Waals surface area contributed by atoms with Gasteiger partial charge < -0.3 is 15.0 Å². The number of rotatable bonds is 10. The highest BCUT2D eigenvalue weighted by atomic mass is 79.9. The van der Waals surface area contributed by atoms with E-state index in [1.54, 1.807) is 29.2 Å². The second-order valence-corrected chi connectivity index (χ2v) is 10.8. The average molecular weight is 584 g/mol. The van der Waals surface area contributed by atoms with Crippen molar-refractivity contribution in [2.75, 3.05) is 6.61 Å². The van der Waals surface area contributed by atoms with Crippen LogP contribution in [0.3, 0.4) is 0 Å². The minimum Gasteiger partial charge on any atom is -0.484 e. The van der Waals surface area contributed by atoms with Crippen LogP contribution in [0.5, 0.6) is 5.75 Å². The van der Waals surface area contributed by atoms with Crippen LogP contribution in [0, 0.1) is 0 Å². The maximum atomic E-state index is 13.7. The average Bonchev–Trinajstić information content (AvgIpc) is 2.92. The van der Waals surface area contributed by atoms with Crippen LogP contribution in [0.25, 0.3) is 0 Å². The molecule has 0 aliphatic heterocycles. The number of nitrogens with one attached hydrogen (secondary N) is 1. The van der Waals surface area contributed by atoms with Crippen molar-refractivity contribution in [1.82, 2.24) is 10.2 Å². The highest BCUT2D eigenvalue weighted by Crippen LogP contribution is 2.21. The fourth-order valence-corrected chi connectivity index (χ4v) is 5.03. The Bertz CT molecular complexity index is 1150. The van der Waals surface area contributed by atoms with Crippen molar-refractivity contribution in [3.63, 3.8) is 0 Å². The number of amides is 2. The molecule has 37 heavy (non-hydrogen) atoms. The molecule has 1 aliphatic carbocycles. The molecule has 0 saturated heterocycles. The molecule has 3 aromatic carbocycles. The van der Waals surface area contributed by atoms with Gasteiger partial charge in [-0.1, -0.05) is 89.3 Å². The molecule has 1 saturated carbocycles. The second kappa shape index (κ2) is 13.6. The van der Waals surface area contributed by atoms with E-state index in [0.717, 1.165) is 41.3 Å². The van der Waals surface area contributed by atoms with Crippen molar-refractivity contribution in [3.8, 4) is 5.75 Å². The Labute approximate surface area is 232 Å². The van der Waals surface area contributed by atoms with E-state index in [1.807, 2.05) is 54.6 Å². The van der Waals surface area contributed by atoms with Crippen molar-refractivity contribution >= 4 is 39.3 Å². The van der Waals surface area contributed by atoms with E-state index in [-0.39, 0.29) is 31.0 Å². The molecule has 0 bridgehead atoms. The lowest BCUT2D eigenvalue weighted by atomic mass is 9.94. The number of ether oxygens (including phenoxy) is 1. The van der Waals surface area contributed by atoms with E-state index in [1.165, 1.54) is 6.42 Å². The predicted molar refractivity (Wildman–Crippen MR) is 151 cm³/mol. The summed E-state index contributed by atoms with van der Waals surface area (Å²) in [4.78, 5) is 29.1. The van der Waals surface area contributed by atoms with Gasteiger partial charge >= 0.3 is 0 Å². The first-order valence-corrected chi connectivity index (χ1v) is 13.9. The lowest BCUT2D eigenvalue weighted by Gasteiger charge is -2.33. The first-order chi connectivity index (χ1) is 18.0. The van der Waals surface area contributed by atoms with Crippen molar-refractivity contribution in [3.05, 3.63) is 99.5 Å². The standard InChI is InChI=1S/C30H32BrClN2O3/c31-24-13-17-27(18-14-24)37-21-29(35)34(20-23-11-15-25(32)16-12-23)28(19-22-7-3-1-4-8-22)30(36)33-26-9-5-2-6-10-26/h1,3-4,7-8,11-18,26,28H,2,5-6,9-10,19-21H2,(H,33,36)/t28-/m1/s1. The first kappa shape index (κ1) is 27.2. The molecule has 2 amide bonds. The molecule has 0 aromatic heterocycles. The van der Waals surface area contributed by atoms with Gasteiger partial charge in [0.15, 0.2) is 6.61 Å². The highest BCUT2D eigenvalue weighted by molar-refractivity contribution is 9.10. The third-order valence-electron chi connectivity index (χ3n) is 6.66. The molecular weight excluding hydrogens is 552 g/mol. The summed E-state index contributed by atoms with van der Waals surface area (Å²) >= 11 is 9.51. The summed E-state index contributed by atoms with van der Waals surface area (Å²) < 4.78 is 6.75. The van der Waals surface area contributed by atoms with Crippen LogP contribution < -0.4 is 10.1 Å². The molecule has 7 heteroatoms. The van der Waals surface area contributed by atoms with Gasteiger partial charge in [-0.25, -0.2) is 0 Å². The van der Waals surface area contributed by atoms with Crippen molar-refractivity contribution in [2.24, 2.45) is 0 Å². The van der Waals surface area contributed by atoms with Crippen LogP contribution in [-0.4, -0.2) is 35.4 Å². The van der Waals surface area contributed by atoms with E-state index >= 15 is 0 Å². The molecule has 0 heterocycles. The predicted octanol–water partition coefficient (Wildman–Crippen LogP) is 6.57. The van der Waals surface area contributed by atoms with Crippen molar-refractivity contribution < 1.29 is 14.3 Å². The summed E-state index contributed by atoms with van der Waals surface area (Å²) in [6, 6.07) is 24.0. The van der Waals surface area contributed by atoms with E-state index in [2.05, 4.69) is 21.2 Å². The first-order valence-electron chi connectivity index (χ1n) is 12.7. The summed E-state index contributed by atoms with van der Waals surface area (Å²) in [7, 11) is 0. The fraction of sp³-hybridized carbons (Fsp3) is 0.333. The molecule has 5 nitrogen and oxygen atoms in total. The van der Waals surface area contributed by atoms with Gasteiger partial charge in [0.2, 0.25) is 5.91 Å². The van der Waals surface area contributed by atoms with E-state index < -0.39 is 6.04 Å². The van der Waals surface area contributed by atoms with Crippen LogP contribution in [-0.2, 0) is 22.6 Å². The van der Waals surface area contributed by atoms with Crippen LogP contribution in [0.2, 0.25) is 5.02 Å².